The van der Waals surface area contributed by atoms with Crippen molar-refractivity contribution < 1.29 is 14.3 Å². The van der Waals surface area contributed by atoms with Crippen molar-refractivity contribution in [2.24, 2.45) is 5.73 Å². The Balaban J connectivity index is 2.17. The average Bonchev–Trinajstić information content (AvgIpc) is 2.55. The molecular formula is C17H17ClN2O3. The van der Waals surface area contributed by atoms with E-state index in [-0.39, 0.29) is 17.2 Å². The highest BCUT2D eigenvalue weighted by atomic mass is 35.5. The van der Waals surface area contributed by atoms with Gasteiger partial charge in [-0.25, -0.2) is 0 Å². The molecule has 0 unspecified atom stereocenters. The van der Waals surface area contributed by atoms with Crippen LogP contribution in [0.2, 0.25) is 5.02 Å². The molecule has 0 aliphatic carbocycles. The summed E-state index contributed by atoms with van der Waals surface area (Å²) in [5.74, 6) is -0.690. The van der Waals surface area contributed by atoms with E-state index in [0.29, 0.717) is 5.02 Å². The molecule has 0 radical (unpaired) electrons. The summed E-state index contributed by atoms with van der Waals surface area (Å²) >= 11 is 5.85. The van der Waals surface area contributed by atoms with Gasteiger partial charge in [0.05, 0.1) is 5.56 Å². The third-order valence-corrected chi connectivity index (χ3v) is 3.57. The van der Waals surface area contributed by atoms with Crippen molar-refractivity contribution in [1.82, 2.24) is 0 Å². The highest BCUT2D eigenvalue weighted by Gasteiger charge is 2.22. The summed E-state index contributed by atoms with van der Waals surface area (Å²) in [5.41, 5.74) is 6.20. The maximum Gasteiger partial charge on any atom is 0.267 e. The van der Waals surface area contributed by atoms with Gasteiger partial charge in [-0.05, 0) is 37.3 Å². The number of likely N-dealkylation sites (N-methyl/N-ethyl adjacent to an activating group) is 1. The molecule has 0 aliphatic heterocycles. The average molecular weight is 333 g/mol. The monoisotopic (exact) mass is 332 g/mol. The van der Waals surface area contributed by atoms with E-state index in [9.17, 15) is 9.59 Å². The minimum absolute atomic E-state index is 0.138. The number of carbonyl (C=O) groups excluding carboxylic acids is 2. The van der Waals surface area contributed by atoms with Crippen molar-refractivity contribution in [3.05, 3.63) is 59.1 Å². The second-order valence-electron chi connectivity index (χ2n) is 5.00. The first-order valence-electron chi connectivity index (χ1n) is 6.98. The van der Waals surface area contributed by atoms with Crippen LogP contribution in [0.25, 0.3) is 0 Å². The Morgan fingerprint density at radius 1 is 1.17 bits per heavy atom. The Bertz CT molecular complexity index is 719. The fraction of sp³-hybridized carbons (Fsp3) is 0.176. The number of ether oxygens (including phenoxy) is 1. The first-order chi connectivity index (χ1) is 10.9. The lowest BCUT2D eigenvalue weighted by Crippen LogP contribution is -2.38. The molecule has 2 aromatic rings. The fourth-order valence-corrected chi connectivity index (χ4v) is 2.26. The van der Waals surface area contributed by atoms with E-state index in [2.05, 4.69) is 0 Å². The smallest absolute Gasteiger partial charge is 0.267 e. The van der Waals surface area contributed by atoms with Crippen LogP contribution in [0, 0.1) is 0 Å². The van der Waals surface area contributed by atoms with Crippen molar-refractivity contribution in [3.8, 4) is 5.75 Å². The number of halogens is 1. The SMILES string of the molecule is C[C@@H](Oc1ccc(Cl)cc1C(N)=O)C(=O)N(C)c1ccccc1. The Hall–Kier alpha value is -2.53. The maximum absolute atomic E-state index is 12.5. The molecule has 23 heavy (non-hydrogen) atoms. The van der Waals surface area contributed by atoms with Crippen molar-refractivity contribution in [1.29, 1.82) is 0 Å². The van der Waals surface area contributed by atoms with Crippen LogP contribution in [0.5, 0.6) is 5.75 Å². The largest absolute Gasteiger partial charge is 0.480 e. The molecule has 120 valence electrons. The number of nitrogens with zero attached hydrogens (tertiary/aromatic N) is 1. The zero-order chi connectivity index (χ0) is 17.0. The summed E-state index contributed by atoms with van der Waals surface area (Å²) in [6.45, 7) is 1.61. The van der Waals surface area contributed by atoms with Crippen LogP contribution >= 0.6 is 11.6 Å². The normalized spacial score (nSPS) is 11.6. The van der Waals surface area contributed by atoms with Crippen molar-refractivity contribution in [2.45, 2.75) is 13.0 Å². The van der Waals surface area contributed by atoms with Crippen LogP contribution in [-0.4, -0.2) is 25.0 Å². The minimum Gasteiger partial charge on any atom is -0.480 e. The summed E-state index contributed by atoms with van der Waals surface area (Å²) in [7, 11) is 1.66. The van der Waals surface area contributed by atoms with Crippen LogP contribution in [-0.2, 0) is 4.79 Å². The summed E-state index contributed by atoms with van der Waals surface area (Å²) < 4.78 is 5.62. The molecule has 0 fully saturated rings. The minimum atomic E-state index is -0.792. The molecule has 0 spiro atoms. The second kappa shape index (κ2) is 7.15. The molecule has 0 bridgehead atoms. The van der Waals surface area contributed by atoms with Crippen LogP contribution in [0.3, 0.4) is 0 Å². The van der Waals surface area contributed by atoms with Gasteiger partial charge in [-0.15, -0.1) is 0 Å². The van der Waals surface area contributed by atoms with Gasteiger partial charge >= 0.3 is 0 Å². The van der Waals surface area contributed by atoms with Crippen LogP contribution < -0.4 is 15.4 Å². The molecule has 5 nitrogen and oxygen atoms in total. The Morgan fingerprint density at radius 3 is 2.43 bits per heavy atom. The van der Waals surface area contributed by atoms with E-state index in [1.165, 1.54) is 17.0 Å². The number of rotatable bonds is 5. The second-order valence-corrected chi connectivity index (χ2v) is 5.43. The van der Waals surface area contributed by atoms with Crippen LogP contribution in [0.15, 0.2) is 48.5 Å². The highest BCUT2D eigenvalue weighted by molar-refractivity contribution is 6.31. The molecule has 2 rings (SSSR count). The summed E-state index contributed by atoms with van der Waals surface area (Å²) in [4.78, 5) is 25.4. The maximum atomic E-state index is 12.5. The Labute approximate surface area is 139 Å². The standard InChI is InChI=1S/C17H17ClN2O3/c1-11(17(22)20(2)13-6-4-3-5-7-13)23-15-9-8-12(18)10-14(15)16(19)21/h3-11H,1-2H3,(H2,19,21)/t11-/m1/s1. The third kappa shape index (κ3) is 4.02. The van der Waals surface area contributed by atoms with E-state index >= 15 is 0 Å². The molecule has 2 amide bonds. The number of hydrogen-bond acceptors (Lipinski definition) is 3. The summed E-state index contributed by atoms with van der Waals surface area (Å²) in [5, 5.41) is 0.367. The molecular weight excluding hydrogens is 316 g/mol. The molecule has 0 aromatic heterocycles. The number of para-hydroxylation sites is 1. The molecule has 1 atom stereocenters. The number of benzene rings is 2. The van der Waals surface area contributed by atoms with Gasteiger partial charge in [0.2, 0.25) is 0 Å². The van der Waals surface area contributed by atoms with Gasteiger partial charge in [-0.3, -0.25) is 9.59 Å². The molecule has 2 aromatic carbocycles. The molecule has 0 aliphatic rings. The van der Waals surface area contributed by atoms with Gasteiger partial charge < -0.3 is 15.4 Å². The zero-order valence-electron chi connectivity index (χ0n) is 12.8. The van der Waals surface area contributed by atoms with Gasteiger partial charge in [0.25, 0.3) is 11.8 Å². The van der Waals surface area contributed by atoms with Gasteiger partial charge in [0.1, 0.15) is 5.75 Å². The lowest BCUT2D eigenvalue weighted by Gasteiger charge is -2.23. The first kappa shape index (κ1) is 16.8. The third-order valence-electron chi connectivity index (χ3n) is 3.33. The Morgan fingerprint density at radius 2 is 1.83 bits per heavy atom. The molecule has 2 N–H and O–H groups in total. The summed E-state index contributed by atoms with van der Waals surface area (Å²) in [6.07, 6.45) is -0.792. The van der Waals surface area contributed by atoms with Crippen LogP contribution in [0.4, 0.5) is 5.69 Å². The zero-order valence-corrected chi connectivity index (χ0v) is 13.6. The van der Waals surface area contributed by atoms with E-state index in [1.807, 2.05) is 30.3 Å². The number of nitrogens with two attached hydrogens (primary N) is 1. The quantitative estimate of drug-likeness (QED) is 0.915. The predicted octanol–water partition coefficient (Wildman–Crippen LogP) is 2.87. The number of anilines is 1. The molecule has 0 heterocycles. The van der Waals surface area contributed by atoms with Gasteiger partial charge in [0.15, 0.2) is 6.10 Å². The molecule has 0 saturated carbocycles. The van der Waals surface area contributed by atoms with Gasteiger partial charge in [0, 0.05) is 17.8 Å². The number of amides is 2. The van der Waals surface area contributed by atoms with E-state index in [0.717, 1.165) is 5.69 Å². The number of primary amides is 1. The highest BCUT2D eigenvalue weighted by Crippen LogP contribution is 2.24. The van der Waals surface area contributed by atoms with Crippen molar-refractivity contribution >= 4 is 29.1 Å². The van der Waals surface area contributed by atoms with Crippen molar-refractivity contribution in [3.63, 3.8) is 0 Å². The van der Waals surface area contributed by atoms with Crippen LogP contribution in [0.1, 0.15) is 17.3 Å². The lowest BCUT2D eigenvalue weighted by atomic mass is 10.2. The van der Waals surface area contributed by atoms with E-state index < -0.39 is 12.0 Å². The van der Waals surface area contributed by atoms with Gasteiger partial charge in [-0.2, -0.15) is 0 Å². The topological polar surface area (TPSA) is 72.6 Å². The molecule has 0 saturated heterocycles. The lowest BCUT2D eigenvalue weighted by molar-refractivity contribution is -0.124. The summed E-state index contributed by atoms with van der Waals surface area (Å²) in [6, 6.07) is 13.7. The number of carbonyl (C=O) groups is 2. The van der Waals surface area contributed by atoms with E-state index in [4.69, 9.17) is 22.1 Å². The van der Waals surface area contributed by atoms with Crippen molar-refractivity contribution in [2.75, 3.05) is 11.9 Å². The molecule has 6 heteroatoms. The van der Waals surface area contributed by atoms with Gasteiger partial charge in [-0.1, -0.05) is 29.8 Å². The number of hydrogen-bond donors (Lipinski definition) is 1. The predicted molar refractivity (Wildman–Crippen MR) is 89.9 cm³/mol. The van der Waals surface area contributed by atoms with E-state index in [1.54, 1.807) is 20.0 Å². The fourth-order valence-electron chi connectivity index (χ4n) is 2.09. The first-order valence-corrected chi connectivity index (χ1v) is 7.36. The Kier molecular flexibility index (Phi) is 5.24.